The highest BCUT2D eigenvalue weighted by atomic mass is 28.4. The lowest BCUT2D eigenvalue weighted by Gasteiger charge is -2.36. The largest absolute Gasteiger partial charge is 0.497 e. The predicted molar refractivity (Wildman–Crippen MR) is 130 cm³/mol. The molecule has 0 aliphatic rings. The maximum Gasteiger partial charge on any atom is 0.192 e. The van der Waals surface area contributed by atoms with Gasteiger partial charge in [-0.05, 0) is 65.7 Å². The van der Waals surface area contributed by atoms with Crippen molar-refractivity contribution in [1.82, 2.24) is 0 Å². The molecule has 4 nitrogen and oxygen atoms in total. The molecule has 0 aliphatic heterocycles. The average Bonchev–Trinajstić information content (AvgIpc) is 2.73. The van der Waals surface area contributed by atoms with Crippen LogP contribution in [-0.2, 0) is 28.8 Å². The lowest BCUT2D eigenvalue weighted by atomic mass is 9.94. The van der Waals surface area contributed by atoms with Gasteiger partial charge >= 0.3 is 0 Å². The van der Waals surface area contributed by atoms with E-state index in [1.165, 1.54) is 11.1 Å². The number of methoxy groups -OCH3 is 1. The van der Waals surface area contributed by atoms with Crippen LogP contribution in [-0.4, -0.2) is 33.7 Å². The fourth-order valence-electron chi connectivity index (χ4n) is 3.18. The molecule has 0 spiro atoms. The average molecular weight is 445 g/mol. The van der Waals surface area contributed by atoms with Crippen LogP contribution in [0.5, 0.6) is 5.75 Å². The van der Waals surface area contributed by atoms with Crippen molar-refractivity contribution >= 4 is 8.32 Å². The molecule has 1 atom stereocenters. The third-order valence-corrected chi connectivity index (χ3v) is 10.8. The number of ether oxygens (including phenoxy) is 2. The minimum atomic E-state index is -1.80. The van der Waals surface area contributed by atoms with Crippen LogP contribution in [0, 0.1) is 5.92 Å². The van der Waals surface area contributed by atoms with Crippen molar-refractivity contribution in [1.29, 1.82) is 0 Å². The van der Waals surface area contributed by atoms with Crippen LogP contribution in [0.2, 0.25) is 18.1 Å². The van der Waals surface area contributed by atoms with E-state index >= 15 is 0 Å². The van der Waals surface area contributed by atoms with Gasteiger partial charge in [0.2, 0.25) is 0 Å². The molecule has 0 saturated heterocycles. The molecule has 0 fully saturated rings. The minimum Gasteiger partial charge on any atom is -0.497 e. The predicted octanol–water partition coefficient (Wildman–Crippen LogP) is 5.97. The Labute approximate surface area is 189 Å². The molecule has 0 amide bonds. The van der Waals surface area contributed by atoms with E-state index in [0.717, 1.165) is 24.2 Å². The van der Waals surface area contributed by atoms with E-state index in [-0.39, 0.29) is 17.6 Å². The van der Waals surface area contributed by atoms with Crippen LogP contribution in [0.15, 0.2) is 48.5 Å². The molecule has 1 unspecified atom stereocenters. The summed E-state index contributed by atoms with van der Waals surface area (Å²) in [5.41, 5.74) is 3.64. The lowest BCUT2D eigenvalue weighted by Crippen LogP contribution is -2.40. The van der Waals surface area contributed by atoms with E-state index in [9.17, 15) is 5.11 Å². The number of hydrogen-bond acceptors (Lipinski definition) is 4. The summed E-state index contributed by atoms with van der Waals surface area (Å²) < 4.78 is 17.7. The van der Waals surface area contributed by atoms with E-state index in [2.05, 4.69) is 58.1 Å². The standard InChI is InChI=1S/C26H40O4Si/c1-26(2,3)31(5,6)30-20-24-10-8-7-9-23(24)17-22(15-16-27)19-29-18-21-11-13-25(28-4)14-12-21/h7-14,22,27H,15-20H2,1-6H3. The summed E-state index contributed by atoms with van der Waals surface area (Å²) in [4.78, 5) is 0. The van der Waals surface area contributed by atoms with Gasteiger partial charge in [-0.25, -0.2) is 0 Å². The van der Waals surface area contributed by atoms with Gasteiger partial charge in [0, 0.05) is 6.61 Å². The van der Waals surface area contributed by atoms with Crippen molar-refractivity contribution < 1.29 is 19.0 Å². The van der Waals surface area contributed by atoms with Crippen molar-refractivity contribution in [2.75, 3.05) is 20.3 Å². The SMILES string of the molecule is COc1ccc(COCC(CCO)Cc2ccccc2CO[Si](C)(C)C(C)(C)C)cc1. The monoisotopic (exact) mass is 444 g/mol. The molecule has 0 aromatic heterocycles. The maximum absolute atomic E-state index is 9.57. The normalized spacial score (nSPS) is 13.3. The van der Waals surface area contributed by atoms with Crippen molar-refractivity contribution in [3.05, 3.63) is 65.2 Å². The number of aliphatic hydroxyl groups is 1. The molecule has 0 bridgehead atoms. The van der Waals surface area contributed by atoms with E-state index in [1.807, 2.05) is 24.3 Å². The van der Waals surface area contributed by atoms with Crippen LogP contribution in [0.3, 0.4) is 0 Å². The smallest absolute Gasteiger partial charge is 0.192 e. The summed E-state index contributed by atoms with van der Waals surface area (Å²) >= 11 is 0. The van der Waals surface area contributed by atoms with Crippen molar-refractivity contribution in [3.8, 4) is 5.75 Å². The van der Waals surface area contributed by atoms with Gasteiger partial charge in [0.1, 0.15) is 5.75 Å². The van der Waals surface area contributed by atoms with Crippen LogP contribution >= 0.6 is 0 Å². The first-order chi connectivity index (χ1) is 14.7. The molecule has 0 aliphatic carbocycles. The Morgan fingerprint density at radius 2 is 1.58 bits per heavy atom. The van der Waals surface area contributed by atoms with E-state index in [4.69, 9.17) is 13.9 Å². The molecule has 0 radical (unpaired) electrons. The van der Waals surface area contributed by atoms with Crippen molar-refractivity contribution in [2.45, 2.75) is 65.0 Å². The Morgan fingerprint density at radius 3 is 2.16 bits per heavy atom. The van der Waals surface area contributed by atoms with Crippen LogP contribution in [0.4, 0.5) is 0 Å². The zero-order valence-electron chi connectivity index (χ0n) is 20.1. The van der Waals surface area contributed by atoms with Crippen molar-refractivity contribution in [2.24, 2.45) is 5.92 Å². The molecule has 31 heavy (non-hydrogen) atoms. The van der Waals surface area contributed by atoms with Gasteiger partial charge in [0.25, 0.3) is 0 Å². The molecule has 1 N–H and O–H groups in total. The number of aliphatic hydroxyl groups excluding tert-OH is 1. The lowest BCUT2D eigenvalue weighted by molar-refractivity contribution is 0.0767. The first-order valence-corrected chi connectivity index (χ1v) is 14.1. The third-order valence-electron chi connectivity index (χ3n) is 6.34. The second-order valence-electron chi connectivity index (χ2n) is 9.76. The second-order valence-corrected chi connectivity index (χ2v) is 14.6. The Bertz CT molecular complexity index is 781. The molecule has 0 heterocycles. The Kier molecular flexibility index (Phi) is 9.75. The van der Waals surface area contributed by atoms with Gasteiger partial charge in [-0.3, -0.25) is 0 Å². The molecule has 172 valence electrons. The Balaban J connectivity index is 1.97. The highest BCUT2D eigenvalue weighted by molar-refractivity contribution is 6.74. The first kappa shape index (κ1) is 25.6. The van der Waals surface area contributed by atoms with Gasteiger partial charge in [-0.1, -0.05) is 57.2 Å². The van der Waals surface area contributed by atoms with Gasteiger partial charge in [0.05, 0.1) is 26.9 Å². The van der Waals surface area contributed by atoms with Gasteiger partial charge < -0.3 is 19.0 Å². The summed E-state index contributed by atoms with van der Waals surface area (Å²) in [6, 6.07) is 16.4. The minimum absolute atomic E-state index is 0.166. The van der Waals surface area contributed by atoms with Gasteiger partial charge in [-0.2, -0.15) is 0 Å². The zero-order valence-corrected chi connectivity index (χ0v) is 21.1. The summed E-state index contributed by atoms with van der Waals surface area (Å²) in [5.74, 6) is 1.11. The molecule has 2 rings (SSSR count). The maximum atomic E-state index is 9.57. The third kappa shape index (κ3) is 8.07. The topological polar surface area (TPSA) is 47.9 Å². The summed E-state index contributed by atoms with van der Waals surface area (Å²) in [5, 5.41) is 9.76. The van der Waals surface area contributed by atoms with E-state index < -0.39 is 8.32 Å². The van der Waals surface area contributed by atoms with Gasteiger partial charge in [0.15, 0.2) is 8.32 Å². The fourth-order valence-corrected chi connectivity index (χ4v) is 4.12. The van der Waals surface area contributed by atoms with E-state index in [1.54, 1.807) is 7.11 Å². The number of rotatable bonds is 12. The van der Waals surface area contributed by atoms with E-state index in [0.29, 0.717) is 19.8 Å². The summed E-state index contributed by atoms with van der Waals surface area (Å²) in [6.07, 6.45) is 1.60. The molecule has 0 saturated carbocycles. The van der Waals surface area contributed by atoms with Gasteiger partial charge in [-0.15, -0.1) is 0 Å². The fraction of sp³-hybridized carbons (Fsp3) is 0.538. The molecule has 5 heteroatoms. The molecule has 2 aromatic carbocycles. The van der Waals surface area contributed by atoms with Crippen LogP contribution in [0.25, 0.3) is 0 Å². The van der Waals surface area contributed by atoms with Crippen LogP contribution < -0.4 is 4.74 Å². The number of benzene rings is 2. The quantitative estimate of drug-likeness (QED) is 0.409. The summed E-state index contributed by atoms with van der Waals surface area (Å²) in [6.45, 7) is 13.4. The second kappa shape index (κ2) is 11.8. The highest BCUT2D eigenvalue weighted by Crippen LogP contribution is 2.37. The van der Waals surface area contributed by atoms with Crippen LogP contribution in [0.1, 0.15) is 43.9 Å². The highest BCUT2D eigenvalue weighted by Gasteiger charge is 2.37. The molecular formula is C26H40O4Si. The zero-order chi connectivity index (χ0) is 22.9. The Hall–Kier alpha value is -1.66. The Morgan fingerprint density at radius 1 is 0.935 bits per heavy atom. The summed E-state index contributed by atoms with van der Waals surface area (Å²) in [7, 11) is -0.138. The number of hydrogen-bond donors (Lipinski definition) is 1. The molecular weight excluding hydrogens is 404 g/mol. The first-order valence-electron chi connectivity index (χ1n) is 11.2. The molecule has 2 aromatic rings. The van der Waals surface area contributed by atoms with Crippen molar-refractivity contribution in [3.63, 3.8) is 0 Å².